The Hall–Kier alpha value is -0.530. The van der Waals surface area contributed by atoms with Crippen LogP contribution in [0.5, 0.6) is 0 Å². The molecule has 0 spiro atoms. The third kappa shape index (κ3) is 13.6. The first-order valence-corrected chi connectivity index (χ1v) is 10.2. The van der Waals surface area contributed by atoms with Gasteiger partial charge in [-0.2, -0.15) is 0 Å². The fraction of sp³-hybridized carbons (Fsp3) is 0.952. The van der Waals surface area contributed by atoms with Crippen molar-refractivity contribution in [3.63, 3.8) is 0 Å². The van der Waals surface area contributed by atoms with Crippen molar-refractivity contribution in [1.29, 1.82) is 0 Å². The molecule has 0 N–H and O–H groups in total. The molecule has 0 radical (unpaired) electrons. The van der Waals surface area contributed by atoms with Crippen LogP contribution in [0.2, 0.25) is 0 Å². The zero-order chi connectivity index (χ0) is 17.4. The van der Waals surface area contributed by atoms with Crippen LogP contribution in [0.4, 0.5) is 0 Å². The number of hydrogen-bond acceptors (Lipinski definition) is 2. The summed E-state index contributed by atoms with van der Waals surface area (Å²) in [5.74, 6) is -0.0183. The molecule has 0 amide bonds. The summed E-state index contributed by atoms with van der Waals surface area (Å²) in [4.78, 5) is 11.7. The molecule has 1 unspecified atom stereocenters. The fourth-order valence-corrected chi connectivity index (χ4v) is 3.11. The van der Waals surface area contributed by atoms with Gasteiger partial charge in [0.25, 0.3) is 0 Å². The predicted molar refractivity (Wildman–Crippen MR) is 101 cm³/mol. The van der Waals surface area contributed by atoms with Crippen molar-refractivity contribution < 1.29 is 9.53 Å². The third-order valence-corrected chi connectivity index (χ3v) is 4.80. The molecule has 0 aromatic rings. The molecule has 23 heavy (non-hydrogen) atoms. The molecular formula is C21H42O2. The minimum absolute atomic E-state index is 0.0183. The smallest absolute Gasteiger partial charge is 0.305 e. The molecule has 0 aliphatic heterocycles. The predicted octanol–water partition coefficient (Wildman–Crippen LogP) is 7.06. The summed E-state index contributed by atoms with van der Waals surface area (Å²) in [6.07, 6.45) is 17.0. The first-order chi connectivity index (χ1) is 11.1. The standard InChI is InChI=1S/C21H42O2/c1-5-8-10-12-13-15-18-21(4,17-14-11-9-6-2)19-23-20(22)16-7-3/h5-19H2,1-4H3. The molecule has 0 bridgehead atoms. The Morgan fingerprint density at radius 2 is 1.22 bits per heavy atom. The molecule has 0 saturated heterocycles. The molecule has 0 rings (SSSR count). The van der Waals surface area contributed by atoms with Crippen molar-refractivity contribution >= 4 is 5.97 Å². The molecule has 2 heteroatoms. The Kier molecular flexibility index (Phi) is 14.7. The van der Waals surface area contributed by atoms with Crippen molar-refractivity contribution in [2.45, 2.75) is 118 Å². The van der Waals surface area contributed by atoms with Crippen molar-refractivity contribution in [2.75, 3.05) is 6.61 Å². The lowest BCUT2D eigenvalue weighted by atomic mass is 9.80. The van der Waals surface area contributed by atoms with Crippen molar-refractivity contribution in [2.24, 2.45) is 5.41 Å². The molecule has 1 atom stereocenters. The van der Waals surface area contributed by atoms with Crippen molar-refractivity contribution in [3.05, 3.63) is 0 Å². The van der Waals surface area contributed by atoms with Gasteiger partial charge in [-0.25, -0.2) is 0 Å². The minimum Gasteiger partial charge on any atom is -0.465 e. The van der Waals surface area contributed by atoms with Crippen molar-refractivity contribution in [3.8, 4) is 0 Å². The normalized spacial score (nSPS) is 13.7. The zero-order valence-electron chi connectivity index (χ0n) is 16.4. The number of unbranched alkanes of at least 4 members (excludes halogenated alkanes) is 8. The second-order valence-electron chi connectivity index (χ2n) is 7.55. The highest BCUT2D eigenvalue weighted by molar-refractivity contribution is 5.69. The van der Waals surface area contributed by atoms with E-state index in [0.29, 0.717) is 13.0 Å². The van der Waals surface area contributed by atoms with Gasteiger partial charge in [0.05, 0.1) is 6.61 Å². The van der Waals surface area contributed by atoms with Crippen LogP contribution >= 0.6 is 0 Å². The maximum Gasteiger partial charge on any atom is 0.305 e. The van der Waals surface area contributed by atoms with Crippen LogP contribution in [0.15, 0.2) is 0 Å². The van der Waals surface area contributed by atoms with Gasteiger partial charge in [0.15, 0.2) is 0 Å². The lowest BCUT2D eigenvalue weighted by Crippen LogP contribution is -2.25. The van der Waals surface area contributed by atoms with Gasteiger partial charge in [0.1, 0.15) is 0 Å². The second kappa shape index (κ2) is 15.0. The number of esters is 1. The highest BCUT2D eigenvalue weighted by atomic mass is 16.5. The largest absolute Gasteiger partial charge is 0.465 e. The lowest BCUT2D eigenvalue weighted by molar-refractivity contribution is -0.147. The molecular weight excluding hydrogens is 284 g/mol. The van der Waals surface area contributed by atoms with Gasteiger partial charge in [0, 0.05) is 11.8 Å². The van der Waals surface area contributed by atoms with Gasteiger partial charge in [-0.1, -0.05) is 91.9 Å². The topological polar surface area (TPSA) is 26.3 Å². The average Bonchev–Trinajstić information content (AvgIpc) is 2.54. The minimum atomic E-state index is -0.0183. The van der Waals surface area contributed by atoms with Gasteiger partial charge in [-0.15, -0.1) is 0 Å². The summed E-state index contributed by atoms with van der Waals surface area (Å²) in [7, 11) is 0. The summed E-state index contributed by atoms with van der Waals surface area (Å²) in [6.45, 7) is 9.48. The highest BCUT2D eigenvalue weighted by Gasteiger charge is 2.25. The van der Waals surface area contributed by atoms with Gasteiger partial charge in [-0.3, -0.25) is 4.79 Å². The molecule has 138 valence electrons. The van der Waals surface area contributed by atoms with E-state index in [9.17, 15) is 4.79 Å². The van der Waals surface area contributed by atoms with Crippen LogP contribution in [0.3, 0.4) is 0 Å². The Morgan fingerprint density at radius 3 is 1.74 bits per heavy atom. The lowest BCUT2D eigenvalue weighted by Gasteiger charge is -2.29. The Morgan fingerprint density at radius 1 is 0.739 bits per heavy atom. The second-order valence-corrected chi connectivity index (χ2v) is 7.55. The van der Waals surface area contributed by atoms with E-state index in [0.717, 1.165) is 6.42 Å². The Bertz CT molecular complexity index is 275. The van der Waals surface area contributed by atoms with E-state index in [1.807, 2.05) is 6.92 Å². The number of carbonyl (C=O) groups excluding carboxylic acids is 1. The van der Waals surface area contributed by atoms with Crippen molar-refractivity contribution in [1.82, 2.24) is 0 Å². The zero-order valence-corrected chi connectivity index (χ0v) is 16.4. The molecule has 2 nitrogen and oxygen atoms in total. The monoisotopic (exact) mass is 326 g/mol. The van der Waals surface area contributed by atoms with E-state index < -0.39 is 0 Å². The number of carbonyl (C=O) groups is 1. The average molecular weight is 327 g/mol. The number of hydrogen-bond donors (Lipinski definition) is 0. The van der Waals surface area contributed by atoms with E-state index in [4.69, 9.17) is 4.74 Å². The number of rotatable bonds is 16. The van der Waals surface area contributed by atoms with Crippen LogP contribution in [0, 0.1) is 5.41 Å². The maximum atomic E-state index is 11.7. The molecule has 0 fully saturated rings. The first-order valence-electron chi connectivity index (χ1n) is 10.2. The summed E-state index contributed by atoms with van der Waals surface area (Å²) in [6, 6.07) is 0. The molecule has 0 heterocycles. The molecule has 0 aliphatic carbocycles. The molecule has 0 aromatic carbocycles. The van der Waals surface area contributed by atoms with Gasteiger partial charge < -0.3 is 4.74 Å². The van der Waals surface area contributed by atoms with E-state index in [1.54, 1.807) is 0 Å². The maximum absolute atomic E-state index is 11.7. The summed E-state index contributed by atoms with van der Waals surface area (Å²) in [5.41, 5.74) is 0.182. The van der Waals surface area contributed by atoms with Gasteiger partial charge >= 0.3 is 5.97 Å². The SMILES string of the molecule is CCCCCCCCC(C)(CCCCCC)COC(=O)CCC. The van der Waals surface area contributed by atoms with Gasteiger partial charge in [0.2, 0.25) is 0 Å². The van der Waals surface area contributed by atoms with Crippen LogP contribution in [0.1, 0.15) is 118 Å². The third-order valence-electron chi connectivity index (χ3n) is 4.80. The summed E-state index contributed by atoms with van der Waals surface area (Å²) < 4.78 is 5.56. The molecule has 0 saturated carbocycles. The van der Waals surface area contributed by atoms with E-state index in [-0.39, 0.29) is 11.4 Å². The van der Waals surface area contributed by atoms with E-state index in [2.05, 4.69) is 20.8 Å². The van der Waals surface area contributed by atoms with Crippen LogP contribution < -0.4 is 0 Å². The summed E-state index contributed by atoms with van der Waals surface area (Å²) in [5, 5.41) is 0. The Labute approximate surface area is 145 Å². The quantitative estimate of drug-likeness (QED) is 0.224. The fourth-order valence-electron chi connectivity index (χ4n) is 3.11. The molecule has 0 aliphatic rings. The van der Waals surface area contributed by atoms with Crippen LogP contribution in [-0.4, -0.2) is 12.6 Å². The van der Waals surface area contributed by atoms with E-state index >= 15 is 0 Å². The van der Waals surface area contributed by atoms with E-state index in [1.165, 1.54) is 77.0 Å². The first kappa shape index (κ1) is 22.5. The Balaban J connectivity index is 4.15. The highest BCUT2D eigenvalue weighted by Crippen LogP contribution is 2.32. The van der Waals surface area contributed by atoms with Crippen LogP contribution in [-0.2, 0) is 9.53 Å². The van der Waals surface area contributed by atoms with Crippen LogP contribution in [0.25, 0.3) is 0 Å². The van der Waals surface area contributed by atoms with Gasteiger partial charge in [-0.05, 0) is 19.3 Å². The molecule has 0 aromatic heterocycles. The number of ether oxygens (including phenoxy) is 1. The summed E-state index contributed by atoms with van der Waals surface area (Å²) >= 11 is 0.